The van der Waals surface area contributed by atoms with Crippen LogP contribution in [0, 0.1) is 0 Å². The molecule has 2 aliphatic heterocycles. The third-order valence-electron chi connectivity index (χ3n) is 5.13. The molecule has 0 saturated heterocycles. The molecule has 8 heteroatoms. The van der Waals surface area contributed by atoms with E-state index in [2.05, 4.69) is 11.9 Å². The molecule has 2 aliphatic rings. The van der Waals surface area contributed by atoms with Gasteiger partial charge < -0.3 is 24.4 Å². The first-order chi connectivity index (χ1) is 14.0. The third-order valence-corrected chi connectivity index (χ3v) is 5.13. The molecule has 0 fully saturated rings. The summed E-state index contributed by atoms with van der Waals surface area (Å²) in [4.78, 5) is 29.4. The highest BCUT2D eigenvalue weighted by Crippen LogP contribution is 2.40. The average molecular weight is 401 g/mol. The summed E-state index contributed by atoms with van der Waals surface area (Å²) in [6.45, 7) is 5.55. The first-order valence-electron chi connectivity index (χ1n) is 9.47. The molecule has 0 bridgehead atoms. The van der Waals surface area contributed by atoms with Crippen LogP contribution in [0.2, 0.25) is 0 Å². The largest absolute Gasteiger partial charge is 0.497 e. The van der Waals surface area contributed by atoms with Crippen molar-refractivity contribution in [3.05, 3.63) is 47.7 Å². The first kappa shape index (κ1) is 20.7. The molecule has 1 atom stereocenters. The number of nitrogens with one attached hydrogen (secondary N) is 1. The van der Waals surface area contributed by atoms with Gasteiger partial charge in [0.25, 0.3) is 5.91 Å². The highest BCUT2D eigenvalue weighted by Gasteiger charge is 2.44. The van der Waals surface area contributed by atoms with Crippen molar-refractivity contribution in [2.45, 2.75) is 12.5 Å². The van der Waals surface area contributed by atoms with E-state index in [-0.39, 0.29) is 11.9 Å². The van der Waals surface area contributed by atoms with Gasteiger partial charge in [0.05, 0.1) is 38.1 Å². The van der Waals surface area contributed by atoms with E-state index < -0.39 is 6.04 Å². The smallest absolute Gasteiger partial charge is 0.322 e. The normalized spacial score (nSPS) is 18.7. The quantitative estimate of drug-likeness (QED) is 0.506. The fraction of sp³-hybridized carbons (Fsp3) is 0.429. The molecular formula is C21H27N3O5. The number of nitrogens with zero attached hydrogens (tertiary/aromatic N) is 2. The van der Waals surface area contributed by atoms with Gasteiger partial charge in [0.2, 0.25) is 0 Å². The number of carbonyl (C=O) groups is 2. The Hall–Kier alpha value is -3.00. The number of carbonyl (C=O) groups excluding carboxylic acids is 2. The lowest BCUT2D eigenvalue weighted by molar-refractivity contribution is -0.125. The predicted molar refractivity (Wildman–Crippen MR) is 108 cm³/mol. The van der Waals surface area contributed by atoms with Crippen LogP contribution in [0.4, 0.5) is 4.79 Å². The van der Waals surface area contributed by atoms with E-state index >= 15 is 0 Å². The maximum atomic E-state index is 13.3. The van der Waals surface area contributed by atoms with Gasteiger partial charge in [0.15, 0.2) is 0 Å². The van der Waals surface area contributed by atoms with Gasteiger partial charge >= 0.3 is 6.03 Å². The molecule has 3 amide bonds. The standard InChI is InChI=1S/C21H27N3O5/c1-5-9-24-16-13-23(10-6-11-27-2)20(25)18(16)19(22-21(24)26)15-12-14(28-3)7-8-17(15)29-4/h5,7-8,12,19H,1,6,9-11,13H2,2-4H3,(H,22,26). The fourth-order valence-corrected chi connectivity index (χ4v) is 3.75. The highest BCUT2D eigenvalue weighted by molar-refractivity contribution is 6.01. The summed E-state index contributed by atoms with van der Waals surface area (Å²) >= 11 is 0. The Morgan fingerprint density at radius 2 is 2.03 bits per heavy atom. The van der Waals surface area contributed by atoms with E-state index in [4.69, 9.17) is 14.2 Å². The Morgan fingerprint density at radius 1 is 1.24 bits per heavy atom. The topological polar surface area (TPSA) is 80.3 Å². The minimum absolute atomic E-state index is 0.0972. The Kier molecular flexibility index (Phi) is 6.43. The van der Waals surface area contributed by atoms with Crippen LogP contribution >= 0.6 is 0 Å². The predicted octanol–water partition coefficient (Wildman–Crippen LogP) is 2.09. The molecular weight excluding hydrogens is 374 g/mol. The summed E-state index contributed by atoms with van der Waals surface area (Å²) in [7, 11) is 4.76. The van der Waals surface area contributed by atoms with Gasteiger partial charge in [-0.25, -0.2) is 4.79 Å². The number of rotatable bonds is 9. The minimum Gasteiger partial charge on any atom is -0.497 e. The van der Waals surface area contributed by atoms with E-state index in [1.807, 2.05) is 0 Å². The van der Waals surface area contributed by atoms with Crippen molar-refractivity contribution >= 4 is 11.9 Å². The summed E-state index contributed by atoms with van der Waals surface area (Å²) < 4.78 is 15.9. The van der Waals surface area contributed by atoms with Crippen molar-refractivity contribution in [2.24, 2.45) is 0 Å². The van der Waals surface area contributed by atoms with Crippen molar-refractivity contribution in [1.29, 1.82) is 0 Å². The molecule has 2 heterocycles. The molecule has 1 unspecified atom stereocenters. The SMILES string of the molecule is C=CCN1C(=O)NC(c2cc(OC)ccc2OC)C2=C1CN(CCCOC)C2=O. The number of hydrogen-bond donors (Lipinski definition) is 1. The fourth-order valence-electron chi connectivity index (χ4n) is 3.75. The zero-order valence-corrected chi connectivity index (χ0v) is 17.1. The van der Waals surface area contributed by atoms with E-state index in [1.165, 1.54) is 0 Å². The number of ether oxygens (including phenoxy) is 3. The van der Waals surface area contributed by atoms with Gasteiger partial charge in [0, 0.05) is 32.4 Å². The molecule has 1 aromatic rings. The molecule has 1 aromatic carbocycles. The summed E-state index contributed by atoms with van der Waals surface area (Å²) in [5, 5.41) is 2.96. The van der Waals surface area contributed by atoms with Crippen LogP contribution < -0.4 is 14.8 Å². The molecule has 156 valence electrons. The monoisotopic (exact) mass is 401 g/mol. The number of hydrogen-bond acceptors (Lipinski definition) is 5. The van der Waals surface area contributed by atoms with E-state index in [1.54, 1.807) is 55.4 Å². The van der Waals surface area contributed by atoms with Crippen molar-refractivity contribution in [2.75, 3.05) is 47.6 Å². The van der Waals surface area contributed by atoms with Crippen molar-refractivity contribution in [1.82, 2.24) is 15.1 Å². The average Bonchev–Trinajstić information content (AvgIpc) is 3.06. The first-order valence-corrected chi connectivity index (χ1v) is 9.47. The lowest BCUT2D eigenvalue weighted by atomic mass is 9.94. The van der Waals surface area contributed by atoms with Gasteiger partial charge in [-0.1, -0.05) is 6.08 Å². The molecule has 1 N–H and O–H groups in total. The summed E-state index contributed by atoms with van der Waals surface area (Å²) in [6, 6.07) is 4.44. The van der Waals surface area contributed by atoms with Gasteiger partial charge in [-0.3, -0.25) is 9.69 Å². The zero-order valence-electron chi connectivity index (χ0n) is 17.1. The molecule has 0 aromatic heterocycles. The second kappa shape index (κ2) is 9.00. The van der Waals surface area contributed by atoms with Crippen molar-refractivity contribution < 1.29 is 23.8 Å². The molecule has 0 aliphatic carbocycles. The second-order valence-corrected chi connectivity index (χ2v) is 6.82. The maximum Gasteiger partial charge on any atom is 0.322 e. The molecule has 0 spiro atoms. The highest BCUT2D eigenvalue weighted by atomic mass is 16.5. The summed E-state index contributed by atoms with van der Waals surface area (Å²) in [6.07, 6.45) is 2.37. The number of benzene rings is 1. The molecule has 29 heavy (non-hydrogen) atoms. The molecule has 3 rings (SSSR count). The molecule has 0 saturated carbocycles. The van der Waals surface area contributed by atoms with Crippen molar-refractivity contribution in [3.8, 4) is 11.5 Å². The van der Waals surface area contributed by atoms with Crippen LogP contribution in [0.15, 0.2) is 42.1 Å². The zero-order chi connectivity index (χ0) is 21.0. The van der Waals surface area contributed by atoms with E-state index in [9.17, 15) is 9.59 Å². The lowest BCUT2D eigenvalue weighted by Crippen LogP contribution is -2.47. The summed E-state index contributed by atoms with van der Waals surface area (Å²) in [5.74, 6) is 1.10. The van der Waals surface area contributed by atoms with Crippen LogP contribution in [0.25, 0.3) is 0 Å². The van der Waals surface area contributed by atoms with Crippen LogP contribution in [-0.2, 0) is 9.53 Å². The van der Waals surface area contributed by atoms with Gasteiger partial charge in [0.1, 0.15) is 11.5 Å². The molecule has 8 nitrogen and oxygen atoms in total. The van der Waals surface area contributed by atoms with Crippen LogP contribution in [0.1, 0.15) is 18.0 Å². The lowest BCUT2D eigenvalue weighted by Gasteiger charge is -2.33. The maximum absolute atomic E-state index is 13.3. The van der Waals surface area contributed by atoms with E-state index in [0.717, 1.165) is 6.42 Å². The Labute approximate surface area is 170 Å². The molecule has 0 radical (unpaired) electrons. The van der Waals surface area contributed by atoms with Crippen LogP contribution in [0.3, 0.4) is 0 Å². The number of urea groups is 1. The number of amides is 3. The Balaban J connectivity index is 2.03. The van der Waals surface area contributed by atoms with Crippen molar-refractivity contribution in [3.63, 3.8) is 0 Å². The van der Waals surface area contributed by atoms with Gasteiger partial charge in [-0.2, -0.15) is 0 Å². The number of methoxy groups -OCH3 is 3. The third kappa shape index (κ3) is 3.93. The van der Waals surface area contributed by atoms with Crippen LogP contribution in [0.5, 0.6) is 11.5 Å². The minimum atomic E-state index is -0.622. The van der Waals surface area contributed by atoms with Gasteiger partial charge in [-0.15, -0.1) is 6.58 Å². The summed E-state index contributed by atoms with van der Waals surface area (Å²) in [5.41, 5.74) is 1.93. The van der Waals surface area contributed by atoms with Gasteiger partial charge in [-0.05, 0) is 24.6 Å². The van der Waals surface area contributed by atoms with E-state index in [0.29, 0.717) is 54.6 Å². The Bertz CT molecular complexity index is 836. The van der Waals surface area contributed by atoms with Crippen LogP contribution in [-0.4, -0.2) is 69.3 Å². The second-order valence-electron chi connectivity index (χ2n) is 6.82. The Morgan fingerprint density at radius 3 is 2.69 bits per heavy atom.